The predicted octanol–water partition coefficient (Wildman–Crippen LogP) is 4.29. The van der Waals surface area contributed by atoms with Crippen LogP contribution >= 0.6 is 11.3 Å². The van der Waals surface area contributed by atoms with Crippen LogP contribution in [0, 0.1) is 13.8 Å². The second kappa shape index (κ2) is 8.16. The molecule has 0 radical (unpaired) electrons. The highest BCUT2D eigenvalue weighted by atomic mass is 32.1. The van der Waals surface area contributed by atoms with Gasteiger partial charge in [0, 0.05) is 4.88 Å². The molecule has 0 aliphatic heterocycles. The summed E-state index contributed by atoms with van der Waals surface area (Å²) in [6.45, 7) is 7.84. The number of methoxy groups -OCH3 is 1. The van der Waals surface area contributed by atoms with Gasteiger partial charge in [0.25, 0.3) is 5.91 Å². The number of rotatable bonds is 6. The Balaban J connectivity index is 2.01. The molecule has 5 nitrogen and oxygen atoms in total. The van der Waals surface area contributed by atoms with E-state index < -0.39 is 5.97 Å². The molecule has 0 spiro atoms. The van der Waals surface area contributed by atoms with Gasteiger partial charge in [-0.3, -0.25) is 4.79 Å². The van der Waals surface area contributed by atoms with Gasteiger partial charge in [0.15, 0.2) is 6.61 Å². The number of aryl methyl sites for hydroxylation is 1. The number of hydrogen-bond acceptors (Lipinski definition) is 5. The van der Waals surface area contributed by atoms with Gasteiger partial charge in [-0.25, -0.2) is 4.79 Å². The summed E-state index contributed by atoms with van der Waals surface area (Å²) < 4.78 is 10.3. The molecule has 134 valence electrons. The van der Waals surface area contributed by atoms with Crippen LogP contribution in [-0.2, 0) is 9.53 Å². The fraction of sp³-hybridized carbons (Fsp3) is 0.368. The number of hydrogen-bond donors (Lipinski definition) is 1. The summed E-state index contributed by atoms with van der Waals surface area (Å²) in [7, 11) is 1.32. The van der Waals surface area contributed by atoms with Gasteiger partial charge in [0.05, 0.1) is 12.7 Å². The lowest BCUT2D eigenvalue weighted by atomic mass is 10.0. The molecule has 0 fully saturated rings. The molecule has 1 heterocycles. The van der Waals surface area contributed by atoms with Crippen molar-refractivity contribution >= 4 is 28.2 Å². The number of ether oxygens (including phenoxy) is 2. The first-order valence-corrected chi connectivity index (χ1v) is 8.86. The minimum Gasteiger partial charge on any atom is -0.484 e. The smallest absolute Gasteiger partial charge is 0.341 e. The lowest BCUT2D eigenvalue weighted by molar-refractivity contribution is -0.118. The third-order valence-electron chi connectivity index (χ3n) is 3.94. The Hall–Kier alpha value is -2.34. The van der Waals surface area contributed by atoms with Crippen molar-refractivity contribution in [2.24, 2.45) is 0 Å². The summed E-state index contributed by atoms with van der Waals surface area (Å²) >= 11 is 1.35. The Morgan fingerprint density at radius 1 is 1.16 bits per heavy atom. The van der Waals surface area contributed by atoms with Crippen molar-refractivity contribution < 1.29 is 19.1 Å². The van der Waals surface area contributed by atoms with Gasteiger partial charge in [-0.15, -0.1) is 11.3 Å². The molecule has 2 rings (SSSR count). The molecule has 0 saturated carbocycles. The standard InChI is InChI=1S/C19H23NO4S/c1-11(2)14-6-8-15(9-7-14)24-10-16(21)20-18-17(19(22)23-5)12(3)13(4)25-18/h6-9,11H,10H2,1-5H3,(H,20,21). The Kier molecular flexibility index (Phi) is 6.20. The number of carbonyl (C=O) groups is 2. The first-order valence-electron chi connectivity index (χ1n) is 8.04. The van der Waals surface area contributed by atoms with Crippen LogP contribution in [0.25, 0.3) is 0 Å². The van der Waals surface area contributed by atoms with E-state index in [-0.39, 0.29) is 12.5 Å². The Bertz CT molecular complexity index is 762. The van der Waals surface area contributed by atoms with E-state index in [1.807, 2.05) is 38.1 Å². The molecule has 0 atom stereocenters. The zero-order chi connectivity index (χ0) is 18.6. The van der Waals surface area contributed by atoms with Crippen LogP contribution in [0.4, 0.5) is 5.00 Å². The summed E-state index contributed by atoms with van der Waals surface area (Å²) in [6, 6.07) is 7.67. The summed E-state index contributed by atoms with van der Waals surface area (Å²) in [5.74, 6) is 0.298. The van der Waals surface area contributed by atoms with E-state index in [1.54, 1.807) is 0 Å². The molecule has 2 aromatic rings. The number of carbonyl (C=O) groups excluding carboxylic acids is 2. The number of thiophene rings is 1. The molecule has 0 aliphatic rings. The van der Waals surface area contributed by atoms with Gasteiger partial charge < -0.3 is 14.8 Å². The van der Waals surface area contributed by atoms with Gasteiger partial charge in [0.1, 0.15) is 10.8 Å². The van der Waals surface area contributed by atoms with Crippen molar-refractivity contribution in [3.63, 3.8) is 0 Å². The molecule has 0 bridgehead atoms. The summed E-state index contributed by atoms with van der Waals surface area (Å²) in [6.07, 6.45) is 0. The van der Waals surface area contributed by atoms with Gasteiger partial charge in [-0.1, -0.05) is 26.0 Å². The van der Waals surface area contributed by atoms with Crippen LogP contribution in [-0.4, -0.2) is 25.6 Å². The highest BCUT2D eigenvalue weighted by Crippen LogP contribution is 2.32. The number of nitrogens with one attached hydrogen (secondary N) is 1. The van der Waals surface area contributed by atoms with Crippen LogP contribution in [0.5, 0.6) is 5.75 Å². The van der Waals surface area contributed by atoms with Crippen LogP contribution in [0.15, 0.2) is 24.3 Å². The van der Waals surface area contributed by atoms with E-state index in [0.29, 0.717) is 22.2 Å². The normalized spacial score (nSPS) is 10.6. The predicted molar refractivity (Wildman–Crippen MR) is 99.8 cm³/mol. The fourth-order valence-electron chi connectivity index (χ4n) is 2.32. The zero-order valence-electron chi connectivity index (χ0n) is 15.1. The summed E-state index contributed by atoms with van der Waals surface area (Å²) in [4.78, 5) is 25.0. The van der Waals surface area contributed by atoms with Crippen molar-refractivity contribution in [1.29, 1.82) is 0 Å². The first-order chi connectivity index (χ1) is 11.8. The fourth-order valence-corrected chi connectivity index (χ4v) is 3.39. The molecule has 1 aromatic carbocycles. The molecular formula is C19H23NO4S. The SMILES string of the molecule is COC(=O)c1c(NC(=O)COc2ccc(C(C)C)cc2)sc(C)c1C. The van der Waals surface area contributed by atoms with Crippen LogP contribution in [0.1, 0.15) is 46.1 Å². The highest BCUT2D eigenvalue weighted by Gasteiger charge is 2.21. The van der Waals surface area contributed by atoms with Crippen LogP contribution in [0.2, 0.25) is 0 Å². The number of anilines is 1. The highest BCUT2D eigenvalue weighted by molar-refractivity contribution is 7.16. The average molecular weight is 361 g/mol. The van der Waals surface area contributed by atoms with Gasteiger partial charge in [0.2, 0.25) is 0 Å². The van der Waals surface area contributed by atoms with Gasteiger partial charge in [-0.2, -0.15) is 0 Å². The van der Waals surface area contributed by atoms with Gasteiger partial charge >= 0.3 is 5.97 Å². The summed E-state index contributed by atoms with van der Waals surface area (Å²) in [5, 5.41) is 3.23. The maximum absolute atomic E-state index is 12.2. The van der Waals surface area contributed by atoms with Crippen molar-refractivity contribution in [2.75, 3.05) is 19.0 Å². The first kappa shape index (κ1) is 19.0. The van der Waals surface area contributed by atoms with E-state index in [0.717, 1.165) is 10.4 Å². The van der Waals surface area contributed by atoms with E-state index in [1.165, 1.54) is 24.0 Å². The number of esters is 1. The molecule has 0 aliphatic carbocycles. The third-order valence-corrected chi connectivity index (χ3v) is 5.07. The van der Waals surface area contributed by atoms with Crippen LogP contribution in [0.3, 0.4) is 0 Å². The Labute approximate surface area is 152 Å². The topological polar surface area (TPSA) is 64.6 Å². The second-order valence-electron chi connectivity index (χ2n) is 6.04. The number of amides is 1. The maximum Gasteiger partial charge on any atom is 0.341 e. The molecular weight excluding hydrogens is 338 g/mol. The van der Waals surface area contributed by atoms with Crippen LogP contribution < -0.4 is 10.1 Å². The molecule has 1 amide bonds. The lowest BCUT2D eigenvalue weighted by Crippen LogP contribution is -2.21. The minimum atomic E-state index is -0.456. The molecule has 25 heavy (non-hydrogen) atoms. The molecule has 1 aromatic heterocycles. The maximum atomic E-state index is 12.2. The zero-order valence-corrected chi connectivity index (χ0v) is 16.0. The van der Waals surface area contributed by atoms with Crippen molar-refractivity contribution in [1.82, 2.24) is 0 Å². The van der Waals surface area contributed by atoms with Crippen molar-refractivity contribution in [3.8, 4) is 5.75 Å². The third kappa shape index (κ3) is 4.60. The average Bonchev–Trinajstić information content (AvgIpc) is 2.86. The van der Waals surface area contributed by atoms with Crippen molar-refractivity contribution in [3.05, 3.63) is 45.8 Å². The summed E-state index contributed by atoms with van der Waals surface area (Å²) in [5.41, 5.74) is 2.43. The van der Waals surface area contributed by atoms with E-state index in [9.17, 15) is 9.59 Å². The largest absolute Gasteiger partial charge is 0.484 e. The van der Waals surface area contributed by atoms with E-state index in [2.05, 4.69) is 19.2 Å². The lowest BCUT2D eigenvalue weighted by Gasteiger charge is -2.09. The molecule has 0 saturated heterocycles. The molecule has 1 N–H and O–H groups in total. The second-order valence-corrected chi connectivity index (χ2v) is 7.26. The quantitative estimate of drug-likeness (QED) is 0.780. The molecule has 0 unspecified atom stereocenters. The minimum absolute atomic E-state index is 0.127. The van der Waals surface area contributed by atoms with E-state index in [4.69, 9.17) is 9.47 Å². The Morgan fingerprint density at radius 2 is 1.80 bits per heavy atom. The molecule has 6 heteroatoms. The Morgan fingerprint density at radius 3 is 2.36 bits per heavy atom. The monoisotopic (exact) mass is 361 g/mol. The number of benzene rings is 1. The van der Waals surface area contributed by atoms with Crippen molar-refractivity contribution in [2.45, 2.75) is 33.6 Å². The van der Waals surface area contributed by atoms with E-state index >= 15 is 0 Å². The van der Waals surface area contributed by atoms with Gasteiger partial charge in [-0.05, 0) is 43.0 Å².